The average molecular weight is 442 g/mol. The molecule has 0 radical (unpaired) electrons. The Morgan fingerprint density at radius 3 is 2.63 bits per heavy atom. The van der Waals surface area contributed by atoms with E-state index in [9.17, 15) is 14.0 Å². The van der Waals surface area contributed by atoms with Gasteiger partial charge in [0.2, 0.25) is 5.91 Å². The number of fused-ring (bicyclic) bond motifs is 1. The molecule has 1 amide bonds. The molecule has 1 aromatic heterocycles. The van der Waals surface area contributed by atoms with Crippen molar-refractivity contribution < 1.29 is 9.18 Å². The van der Waals surface area contributed by atoms with Gasteiger partial charge in [-0.15, -0.1) is 11.8 Å². The Morgan fingerprint density at radius 1 is 1.20 bits per heavy atom. The molecule has 1 aliphatic rings. The highest BCUT2D eigenvalue weighted by molar-refractivity contribution is 8.00. The monoisotopic (exact) mass is 441 g/mol. The number of amides is 1. The van der Waals surface area contributed by atoms with E-state index in [0.717, 1.165) is 30.0 Å². The van der Waals surface area contributed by atoms with Crippen molar-refractivity contribution >= 4 is 35.1 Å². The maximum Gasteiger partial charge on any atom is 0.272 e. The third-order valence-electron chi connectivity index (χ3n) is 4.73. The van der Waals surface area contributed by atoms with E-state index in [0.29, 0.717) is 15.7 Å². The molecule has 1 aliphatic heterocycles. The van der Waals surface area contributed by atoms with Crippen molar-refractivity contribution in [3.05, 3.63) is 76.0 Å². The molecule has 0 atom stereocenters. The molecule has 1 N–H and O–H groups in total. The number of carbonyl (C=O) groups excluding carboxylic acids is 1. The number of nitrogens with zero attached hydrogens (tertiary/aromatic N) is 2. The second-order valence-corrected chi connectivity index (χ2v) is 8.82. The molecule has 154 valence electrons. The number of hydrogen-bond acceptors (Lipinski definition) is 5. The second kappa shape index (κ2) is 9.06. The lowest BCUT2D eigenvalue weighted by Gasteiger charge is -2.14. The topological polar surface area (TPSA) is 64.0 Å². The number of carbonyl (C=O) groups is 1. The summed E-state index contributed by atoms with van der Waals surface area (Å²) in [6, 6.07) is 13.4. The van der Waals surface area contributed by atoms with Crippen molar-refractivity contribution in [2.45, 2.75) is 29.8 Å². The standard InChI is InChI=1S/C22H20FN3O2S2/c1-2-14-3-7-16(8-4-14)24-19(27)13-30-22-25-18-11-12-29-20(18)21(28)26(22)17-9-5-15(23)6-10-17/h3-10H,2,11-13H2,1H3,(H,24,27). The fourth-order valence-corrected chi connectivity index (χ4v) is 5.01. The van der Waals surface area contributed by atoms with Crippen LogP contribution in [0.2, 0.25) is 0 Å². The van der Waals surface area contributed by atoms with Crippen LogP contribution in [0.15, 0.2) is 63.4 Å². The average Bonchev–Trinajstić information content (AvgIpc) is 3.23. The van der Waals surface area contributed by atoms with Crippen LogP contribution in [0.4, 0.5) is 10.1 Å². The van der Waals surface area contributed by atoms with E-state index < -0.39 is 0 Å². The number of thioether (sulfide) groups is 2. The van der Waals surface area contributed by atoms with Crippen LogP contribution < -0.4 is 10.9 Å². The second-order valence-electron chi connectivity index (χ2n) is 6.77. The van der Waals surface area contributed by atoms with Crippen LogP contribution >= 0.6 is 23.5 Å². The van der Waals surface area contributed by atoms with Crippen LogP contribution in [0.25, 0.3) is 5.69 Å². The Morgan fingerprint density at radius 2 is 1.93 bits per heavy atom. The van der Waals surface area contributed by atoms with Gasteiger partial charge in [0.1, 0.15) is 5.82 Å². The smallest absolute Gasteiger partial charge is 0.272 e. The van der Waals surface area contributed by atoms with E-state index in [1.54, 1.807) is 12.1 Å². The van der Waals surface area contributed by atoms with Crippen molar-refractivity contribution in [3.8, 4) is 5.69 Å². The van der Waals surface area contributed by atoms with E-state index in [1.165, 1.54) is 45.8 Å². The summed E-state index contributed by atoms with van der Waals surface area (Å²) in [7, 11) is 0. The predicted octanol–water partition coefficient (Wildman–Crippen LogP) is 4.31. The minimum absolute atomic E-state index is 0.106. The number of halogens is 1. The molecule has 0 unspecified atom stereocenters. The zero-order valence-electron chi connectivity index (χ0n) is 16.4. The van der Waals surface area contributed by atoms with Gasteiger partial charge >= 0.3 is 0 Å². The number of anilines is 1. The van der Waals surface area contributed by atoms with Crippen molar-refractivity contribution in [1.29, 1.82) is 0 Å². The maximum atomic E-state index is 13.4. The summed E-state index contributed by atoms with van der Waals surface area (Å²) in [6.45, 7) is 2.08. The normalized spacial score (nSPS) is 12.6. The quantitative estimate of drug-likeness (QED) is 0.456. The van der Waals surface area contributed by atoms with Gasteiger partial charge in [0.25, 0.3) is 5.56 Å². The van der Waals surface area contributed by atoms with Crippen LogP contribution in [0, 0.1) is 5.82 Å². The zero-order valence-corrected chi connectivity index (χ0v) is 18.0. The number of rotatable bonds is 6. The predicted molar refractivity (Wildman–Crippen MR) is 119 cm³/mol. The van der Waals surface area contributed by atoms with Crippen LogP contribution in [0.1, 0.15) is 18.2 Å². The van der Waals surface area contributed by atoms with Crippen LogP contribution in [-0.4, -0.2) is 27.0 Å². The van der Waals surface area contributed by atoms with Gasteiger partial charge in [-0.3, -0.25) is 14.2 Å². The number of hydrogen-bond donors (Lipinski definition) is 1. The third kappa shape index (κ3) is 4.44. The molecule has 3 aromatic rings. The van der Waals surface area contributed by atoms with E-state index in [4.69, 9.17) is 0 Å². The van der Waals surface area contributed by atoms with Gasteiger partial charge in [-0.25, -0.2) is 9.37 Å². The zero-order chi connectivity index (χ0) is 21.1. The fraction of sp³-hybridized carbons (Fsp3) is 0.227. The highest BCUT2D eigenvalue weighted by Gasteiger charge is 2.23. The third-order valence-corrected chi connectivity index (χ3v) is 6.78. The molecule has 0 bridgehead atoms. The van der Waals surface area contributed by atoms with Crippen molar-refractivity contribution in [3.63, 3.8) is 0 Å². The minimum atomic E-state index is -0.377. The molecular weight excluding hydrogens is 421 g/mol. The summed E-state index contributed by atoms with van der Waals surface area (Å²) in [5, 5.41) is 3.30. The van der Waals surface area contributed by atoms with Crippen molar-refractivity contribution in [1.82, 2.24) is 9.55 Å². The first kappa shape index (κ1) is 20.7. The molecule has 0 saturated heterocycles. The number of nitrogens with one attached hydrogen (secondary N) is 1. The Balaban J connectivity index is 1.57. The Hall–Kier alpha value is -2.58. The summed E-state index contributed by atoms with van der Waals surface area (Å²) >= 11 is 2.68. The molecule has 0 fully saturated rings. The molecule has 5 nitrogen and oxygen atoms in total. The van der Waals surface area contributed by atoms with Crippen LogP contribution in [0.5, 0.6) is 0 Å². The number of benzene rings is 2. The summed E-state index contributed by atoms with van der Waals surface area (Å²) < 4.78 is 14.8. The Bertz CT molecular complexity index is 1130. The number of aromatic nitrogens is 2. The van der Waals surface area contributed by atoms with E-state index in [2.05, 4.69) is 17.2 Å². The molecule has 0 spiro atoms. The van der Waals surface area contributed by atoms with E-state index >= 15 is 0 Å². The molecule has 2 aromatic carbocycles. The lowest BCUT2D eigenvalue weighted by molar-refractivity contribution is -0.113. The minimum Gasteiger partial charge on any atom is -0.325 e. The lowest BCUT2D eigenvalue weighted by atomic mass is 10.1. The summed E-state index contributed by atoms with van der Waals surface area (Å²) in [6.07, 6.45) is 1.66. The Labute approximate surface area is 182 Å². The summed E-state index contributed by atoms with van der Waals surface area (Å²) in [4.78, 5) is 30.8. The largest absolute Gasteiger partial charge is 0.325 e. The van der Waals surface area contributed by atoms with Gasteiger partial charge in [-0.05, 0) is 48.4 Å². The summed E-state index contributed by atoms with van der Waals surface area (Å²) in [5.41, 5.74) is 3.05. The van der Waals surface area contributed by atoms with Gasteiger partial charge in [0.15, 0.2) is 5.16 Å². The molecule has 0 aliphatic carbocycles. The molecule has 2 heterocycles. The summed E-state index contributed by atoms with van der Waals surface area (Å²) in [5.74, 6) is 0.357. The highest BCUT2D eigenvalue weighted by Crippen LogP contribution is 2.30. The molecular formula is C22H20FN3O2S2. The highest BCUT2D eigenvalue weighted by atomic mass is 32.2. The Kier molecular flexibility index (Phi) is 6.24. The van der Waals surface area contributed by atoms with Crippen LogP contribution in [0.3, 0.4) is 0 Å². The maximum absolute atomic E-state index is 13.4. The SMILES string of the molecule is CCc1ccc(NC(=O)CSc2nc3c(c(=O)n2-c2ccc(F)cc2)SCC3)cc1. The van der Waals surface area contributed by atoms with Gasteiger partial charge in [0, 0.05) is 17.9 Å². The lowest BCUT2D eigenvalue weighted by Crippen LogP contribution is -2.24. The molecule has 8 heteroatoms. The first-order chi connectivity index (χ1) is 14.5. The van der Waals surface area contributed by atoms with Gasteiger partial charge in [0.05, 0.1) is 22.0 Å². The first-order valence-corrected chi connectivity index (χ1v) is 11.6. The fourth-order valence-electron chi connectivity index (χ4n) is 3.16. The van der Waals surface area contributed by atoms with Crippen molar-refractivity contribution in [2.75, 3.05) is 16.8 Å². The van der Waals surface area contributed by atoms with Gasteiger partial charge in [-0.1, -0.05) is 30.8 Å². The molecule has 0 saturated carbocycles. The van der Waals surface area contributed by atoms with Crippen LogP contribution in [-0.2, 0) is 17.6 Å². The first-order valence-electron chi connectivity index (χ1n) is 9.61. The molecule has 4 rings (SSSR count). The van der Waals surface area contributed by atoms with E-state index in [1.807, 2.05) is 24.3 Å². The van der Waals surface area contributed by atoms with Crippen molar-refractivity contribution in [2.24, 2.45) is 0 Å². The molecule has 30 heavy (non-hydrogen) atoms. The number of aryl methyl sites for hydroxylation is 2. The van der Waals surface area contributed by atoms with Gasteiger partial charge < -0.3 is 5.32 Å². The van der Waals surface area contributed by atoms with Gasteiger partial charge in [-0.2, -0.15) is 0 Å². The van der Waals surface area contributed by atoms with E-state index in [-0.39, 0.29) is 23.0 Å².